The van der Waals surface area contributed by atoms with Crippen molar-refractivity contribution in [3.05, 3.63) is 84.4 Å². The first-order valence-corrected chi connectivity index (χ1v) is 11.9. The van der Waals surface area contributed by atoms with Crippen molar-refractivity contribution in [1.29, 1.82) is 0 Å². The van der Waals surface area contributed by atoms with Gasteiger partial charge in [-0.05, 0) is 48.2 Å². The average molecular weight is 398 g/mol. The smallest absolute Gasteiger partial charge is 0.162 e. The lowest BCUT2D eigenvalue weighted by Crippen LogP contribution is -2.18. The van der Waals surface area contributed by atoms with Gasteiger partial charge >= 0.3 is 0 Å². The maximum absolute atomic E-state index is 6.52. The third kappa shape index (κ3) is 3.51. The van der Waals surface area contributed by atoms with E-state index < -0.39 is 0 Å². The van der Waals surface area contributed by atoms with E-state index in [0.29, 0.717) is 16.7 Å². The van der Waals surface area contributed by atoms with Gasteiger partial charge in [-0.3, -0.25) is 0 Å². The first-order valence-electron chi connectivity index (χ1n) is 10.3. The zero-order chi connectivity index (χ0) is 19.6. The average Bonchev–Trinajstić information content (AvgIpc) is 2.79. The molecule has 1 saturated heterocycles. The Labute approximate surface area is 174 Å². The van der Waals surface area contributed by atoms with E-state index in [4.69, 9.17) is 10.7 Å². The molecule has 0 unspecified atom stereocenters. The van der Waals surface area contributed by atoms with Crippen LogP contribution in [-0.4, -0.2) is 17.3 Å². The van der Waals surface area contributed by atoms with Crippen LogP contribution in [0.5, 0.6) is 0 Å². The van der Waals surface area contributed by atoms with Crippen molar-refractivity contribution in [2.24, 2.45) is 10.7 Å². The lowest BCUT2D eigenvalue weighted by atomic mass is 10.0. The molecule has 0 spiro atoms. The molecule has 144 valence electrons. The number of nitrogens with zero attached hydrogens (tertiary/aromatic N) is 1. The van der Waals surface area contributed by atoms with Crippen molar-refractivity contribution in [1.82, 2.24) is 0 Å². The van der Waals surface area contributed by atoms with E-state index in [1.54, 1.807) is 0 Å². The summed E-state index contributed by atoms with van der Waals surface area (Å²) in [6, 6.07) is 27.7. The van der Waals surface area contributed by atoms with Gasteiger partial charge in [0.05, 0.1) is 5.69 Å². The summed E-state index contributed by atoms with van der Waals surface area (Å²) in [6.07, 6.45) is 4.09. The van der Waals surface area contributed by atoms with E-state index in [1.807, 2.05) is 6.07 Å². The zero-order valence-electron chi connectivity index (χ0n) is 16.5. The van der Waals surface area contributed by atoms with Crippen LogP contribution in [0, 0.1) is 0 Å². The maximum Gasteiger partial charge on any atom is 0.162 e. The van der Waals surface area contributed by atoms with Crippen molar-refractivity contribution < 1.29 is 0 Å². The van der Waals surface area contributed by atoms with Gasteiger partial charge in [-0.2, -0.15) is 0 Å². The summed E-state index contributed by atoms with van der Waals surface area (Å²) in [7, 11) is 0.362. The van der Waals surface area contributed by atoms with Crippen LogP contribution in [0.4, 0.5) is 5.69 Å². The van der Waals surface area contributed by atoms with Gasteiger partial charge in [0.1, 0.15) is 17.3 Å². The first kappa shape index (κ1) is 18.3. The number of aliphatic imine (C=N–C) groups is 1. The summed E-state index contributed by atoms with van der Waals surface area (Å²) < 4.78 is 0. The van der Waals surface area contributed by atoms with Crippen LogP contribution in [0.15, 0.2) is 88.8 Å². The molecule has 4 aromatic rings. The minimum absolute atomic E-state index is 0.362. The van der Waals surface area contributed by atoms with E-state index in [2.05, 4.69) is 72.8 Å². The Hall–Kier alpha value is -2.78. The molecule has 1 aliphatic heterocycles. The molecule has 0 bridgehead atoms. The predicted molar refractivity (Wildman–Crippen MR) is 127 cm³/mol. The zero-order valence-corrected chi connectivity index (χ0v) is 17.3. The number of hydrogen-bond donors (Lipinski definition) is 1. The van der Waals surface area contributed by atoms with Gasteiger partial charge in [-0.15, -0.1) is 0 Å². The third-order valence-electron chi connectivity index (χ3n) is 5.76. The van der Waals surface area contributed by atoms with Gasteiger partial charge in [0, 0.05) is 27.2 Å². The van der Waals surface area contributed by atoms with E-state index in [9.17, 15) is 0 Å². The predicted octanol–water partition coefficient (Wildman–Crippen LogP) is 6.19. The number of nitrogens with two attached hydrogens (primary N) is 1. The summed E-state index contributed by atoms with van der Waals surface area (Å²) >= 11 is 0. The van der Waals surface area contributed by atoms with Crippen LogP contribution in [0.25, 0.3) is 21.5 Å². The van der Waals surface area contributed by atoms with Crippen molar-refractivity contribution in [2.45, 2.75) is 24.2 Å². The fourth-order valence-electron chi connectivity index (χ4n) is 4.29. The summed E-state index contributed by atoms with van der Waals surface area (Å²) in [5.41, 5.74) is 8.46. The van der Waals surface area contributed by atoms with E-state index in [-0.39, 0.29) is 0 Å². The highest BCUT2D eigenvalue weighted by atomic mass is 32.2. The molecular formula is C26H25N2S+. The SMILES string of the molecule is NC(=Nc1ccc([S+]2CCCCC2)c2ccccc12)c1cccc2ccccc12. The number of rotatable bonds is 3. The van der Waals surface area contributed by atoms with Gasteiger partial charge in [0.15, 0.2) is 4.90 Å². The van der Waals surface area contributed by atoms with Gasteiger partial charge in [-0.25, -0.2) is 4.99 Å². The topological polar surface area (TPSA) is 38.4 Å². The summed E-state index contributed by atoms with van der Waals surface area (Å²) in [5.74, 6) is 3.22. The molecule has 0 aliphatic carbocycles. The highest BCUT2D eigenvalue weighted by Gasteiger charge is 2.27. The largest absolute Gasteiger partial charge is 0.383 e. The third-order valence-corrected chi connectivity index (χ3v) is 8.30. The fourth-order valence-corrected chi connectivity index (χ4v) is 6.79. The molecule has 0 radical (unpaired) electrons. The Kier molecular flexibility index (Phi) is 4.99. The Morgan fingerprint density at radius 3 is 2.21 bits per heavy atom. The number of amidine groups is 1. The molecule has 2 nitrogen and oxygen atoms in total. The monoisotopic (exact) mass is 397 g/mol. The molecule has 3 heteroatoms. The molecule has 2 N–H and O–H groups in total. The molecule has 1 heterocycles. The van der Waals surface area contributed by atoms with Crippen LogP contribution in [0.1, 0.15) is 24.8 Å². The highest BCUT2D eigenvalue weighted by Crippen LogP contribution is 2.34. The highest BCUT2D eigenvalue weighted by molar-refractivity contribution is 7.97. The lowest BCUT2D eigenvalue weighted by Gasteiger charge is -2.15. The van der Waals surface area contributed by atoms with Gasteiger partial charge in [-0.1, -0.05) is 60.7 Å². The normalized spacial score (nSPS) is 15.8. The summed E-state index contributed by atoms with van der Waals surface area (Å²) in [4.78, 5) is 6.39. The molecule has 0 saturated carbocycles. The number of fused-ring (bicyclic) bond motifs is 2. The Morgan fingerprint density at radius 1 is 0.690 bits per heavy atom. The first-order chi connectivity index (χ1) is 14.3. The molecule has 1 fully saturated rings. The van der Waals surface area contributed by atoms with Crippen LogP contribution >= 0.6 is 0 Å². The van der Waals surface area contributed by atoms with Crippen LogP contribution in [0.3, 0.4) is 0 Å². The van der Waals surface area contributed by atoms with Crippen LogP contribution < -0.4 is 5.73 Å². The van der Waals surface area contributed by atoms with Gasteiger partial charge in [0.25, 0.3) is 0 Å². The molecule has 1 aliphatic rings. The molecule has 29 heavy (non-hydrogen) atoms. The van der Waals surface area contributed by atoms with Crippen LogP contribution in [-0.2, 0) is 10.9 Å². The number of benzene rings is 4. The fraction of sp³-hybridized carbons (Fsp3) is 0.192. The maximum atomic E-state index is 6.52. The van der Waals surface area contributed by atoms with Crippen molar-refractivity contribution in [3.8, 4) is 0 Å². The van der Waals surface area contributed by atoms with Crippen molar-refractivity contribution >= 4 is 44.0 Å². The van der Waals surface area contributed by atoms with E-state index >= 15 is 0 Å². The van der Waals surface area contributed by atoms with Crippen LogP contribution in [0.2, 0.25) is 0 Å². The minimum atomic E-state index is 0.362. The second-order valence-electron chi connectivity index (χ2n) is 7.61. The Morgan fingerprint density at radius 2 is 1.38 bits per heavy atom. The standard InChI is InChI=1S/C26H25N2S/c27-26(23-14-8-10-19-9-2-3-11-20(19)23)28-24-15-16-25(29-17-6-1-7-18-29)22-13-5-4-12-21(22)24/h2-5,8-16H,1,6-7,17-18H2,(H2,27,28)/q+1. The van der Waals surface area contributed by atoms with E-state index in [1.165, 1.54) is 51.8 Å². The second kappa shape index (κ2) is 7.92. The van der Waals surface area contributed by atoms with Crippen molar-refractivity contribution in [3.63, 3.8) is 0 Å². The molecular weight excluding hydrogens is 372 g/mol. The molecule has 0 amide bonds. The Bertz CT molecular complexity index is 1200. The molecule has 4 aromatic carbocycles. The molecule has 0 atom stereocenters. The molecule has 0 aromatic heterocycles. The Balaban J connectivity index is 1.62. The molecule has 5 rings (SSSR count). The van der Waals surface area contributed by atoms with E-state index in [0.717, 1.165) is 16.6 Å². The number of hydrogen-bond acceptors (Lipinski definition) is 1. The minimum Gasteiger partial charge on any atom is -0.383 e. The quantitative estimate of drug-likeness (QED) is 0.250. The van der Waals surface area contributed by atoms with Gasteiger partial charge < -0.3 is 5.73 Å². The summed E-state index contributed by atoms with van der Waals surface area (Å²) in [6.45, 7) is 0. The summed E-state index contributed by atoms with van der Waals surface area (Å²) in [5, 5.41) is 4.86. The van der Waals surface area contributed by atoms with Crippen molar-refractivity contribution in [2.75, 3.05) is 11.5 Å². The second-order valence-corrected chi connectivity index (χ2v) is 9.86. The van der Waals surface area contributed by atoms with Gasteiger partial charge in [0.2, 0.25) is 0 Å². The lowest BCUT2D eigenvalue weighted by molar-refractivity contribution is 0.756.